The second-order valence-electron chi connectivity index (χ2n) is 12.8. The SMILES string of the molecule is Cc1ccc(S(=O)(=O)N2C[C@@H](P(c3cccc(C)c3)c3cccc(C)c3)C[C@H]2CP(c2cccc(C)c2)c2cccc(C)c2)cc1. The Kier molecular flexibility index (Phi) is 9.93. The van der Waals surface area contributed by atoms with Crippen LogP contribution in [0.1, 0.15) is 34.2 Å². The fourth-order valence-electron chi connectivity index (χ4n) is 6.64. The number of hydrogen-bond donors (Lipinski definition) is 0. The van der Waals surface area contributed by atoms with Crippen LogP contribution in [-0.4, -0.2) is 37.1 Å². The molecule has 5 aromatic rings. The van der Waals surface area contributed by atoms with E-state index in [-0.39, 0.29) is 11.7 Å². The summed E-state index contributed by atoms with van der Waals surface area (Å²) in [5.41, 5.74) is 6.18. The zero-order valence-corrected chi connectivity index (χ0v) is 30.0. The third-order valence-corrected chi connectivity index (χ3v) is 16.2. The third kappa shape index (κ3) is 7.22. The largest absolute Gasteiger partial charge is 0.243 e. The van der Waals surface area contributed by atoms with E-state index in [4.69, 9.17) is 0 Å². The van der Waals surface area contributed by atoms with E-state index in [0.717, 1.165) is 18.1 Å². The number of sulfonamides is 1. The first-order valence-electron chi connectivity index (χ1n) is 16.0. The average molecular weight is 664 g/mol. The van der Waals surface area contributed by atoms with E-state index in [1.54, 1.807) is 12.1 Å². The molecule has 0 amide bonds. The Morgan fingerprint density at radius 2 is 1.02 bits per heavy atom. The molecule has 1 saturated heterocycles. The van der Waals surface area contributed by atoms with Gasteiger partial charge in [0.15, 0.2) is 0 Å². The molecule has 2 atom stereocenters. The third-order valence-electron chi connectivity index (χ3n) is 8.91. The van der Waals surface area contributed by atoms with E-state index in [2.05, 4.69) is 125 Å². The van der Waals surface area contributed by atoms with Crippen molar-refractivity contribution in [3.63, 3.8) is 0 Å². The van der Waals surface area contributed by atoms with Crippen molar-refractivity contribution in [2.45, 2.75) is 57.6 Å². The molecule has 0 unspecified atom stereocenters. The summed E-state index contributed by atoms with van der Waals surface area (Å²) in [7, 11) is -5.32. The molecule has 0 aromatic heterocycles. The first-order valence-corrected chi connectivity index (χ1v) is 20.4. The monoisotopic (exact) mass is 663 g/mol. The van der Waals surface area contributed by atoms with Crippen LogP contribution in [0.3, 0.4) is 0 Å². The van der Waals surface area contributed by atoms with Crippen LogP contribution in [0, 0.1) is 34.6 Å². The predicted molar refractivity (Wildman–Crippen MR) is 199 cm³/mol. The standard InChI is InChI=1S/C40H43NO2P2S/c1-29-18-20-40(21-19-29)46(42,43)41-27-39(45(37-16-8-12-32(4)24-37)38-17-9-13-33(5)25-38)26-34(41)28-44(35-14-6-10-30(2)22-35)36-15-7-11-31(3)23-36/h6-25,34,39H,26-28H2,1-5H3/t34-,39-/m0/s1. The van der Waals surface area contributed by atoms with Crippen LogP contribution in [0.2, 0.25) is 0 Å². The van der Waals surface area contributed by atoms with E-state index >= 15 is 0 Å². The molecular weight excluding hydrogens is 620 g/mol. The highest BCUT2D eigenvalue weighted by molar-refractivity contribution is 7.89. The highest BCUT2D eigenvalue weighted by atomic mass is 32.2. The smallest absolute Gasteiger partial charge is 0.207 e. The van der Waals surface area contributed by atoms with Crippen molar-refractivity contribution >= 4 is 47.1 Å². The molecule has 1 aliphatic rings. The molecule has 0 aliphatic carbocycles. The highest BCUT2D eigenvalue weighted by Crippen LogP contribution is 2.49. The summed E-state index contributed by atoms with van der Waals surface area (Å²) in [4.78, 5) is 0.384. The van der Waals surface area contributed by atoms with Gasteiger partial charge < -0.3 is 0 Å². The number of rotatable bonds is 9. The van der Waals surface area contributed by atoms with Crippen molar-refractivity contribution in [1.29, 1.82) is 0 Å². The lowest BCUT2D eigenvalue weighted by Gasteiger charge is -2.29. The topological polar surface area (TPSA) is 37.4 Å². The number of aryl methyl sites for hydroxylation is 5. The van der Waals surface area contributed by atoms with Crippen LogP contribution in [0.5, 0.6) is 0 Å². The van der Waals surface area contributed by atoms with Gasteiger partial charge in [0.1, 0.15) is 0 Å². The van der Waals surface area contributed by atoms with Gasteiger partial charge in [-0.3, -0.25) is 0 Å². The highest BCUT2D eigenvalue weighted by Gasteiger charge is 2.44. The van der Waals surface area contributed by atoms with Crippen molar-refractivity contribution in [2.24, 2.45) is 0 Å². The van der Waals surface area contributed by atoms with Gasteiger partial charge in [-0.25, -0.2) is 8.42 Å². The molecular formula is C40H43NO2P2S. The fourth-order valence-corrected chi connectivity index (χ4v) is 14.4. The Morgan fingerprint density at radius 3 is 1.48 bits per heavy atom. The van der Waals surface area contributed by atoms with Crippen LogP contribution in [-0.2, 0) is 10.0 Å². The molecule has 1 fully saturated rings. The lowest BCUT2D eigenvalue weighted by atomic mass is 10.2. The van der Waals surface area contributed by atoms with Gasteiger partial charge in [-0.05, 0) is 96.4 Å². The molecule has 1 heterocycles. The second kappa shape index (κ2) is 13.9. The van der Waals surface area contributed by atoms with Gasteiger partial charge in [0.05, 0.1) is 4.90 Å². The van der Waals surface area contributed by atoms with Crippen LogP contribution >= 0.6 is 15.8 Å². The van der Waals surface area contributed by atoms with E-state index in [1.807, 2.05) is 23.4 Å². The molecule has 0 bridgehead atoms. The van der Waals surface area contributed by atoms with Crippen molar-refractivity contribution in [1.82, 2.24) is 4.31 Å². The van der Waals surface area contributed by atoms with Crippen LogP contribution < -0.4 is 21.2 Å². The Balaban J connectivity index is 1.47. The van der Waals surface area contributed by atoms with E-state index in [1.165, 1.54) is 43.5 Å². The molecule has 1 aliphatic heterocycles. The summed E-state index contributed by atoms with van der Waals surface area (Å²) in [6.07, 6.45) is 1.61. The zero-order chi connectivity index (χ0) is 32.4. The normalized spacial score (nSPS) is 17.2. The van der Waals surface area contributed by atoms with Gasteiger partial charge >= 0.3 is 0 Å². The number of hydrogen-bond acceptors (Lipinski definition) is 2. The summed E-state index contributed by atoms with van der Waals surface area (Å²) in [5.74, 6) is 0. The maximum absolute atomic E-state index is 14.6. The lowest BCUT2D eigenvalue weighted by Crippen LogP contribution is -2.39. The van der Waals surface area contributed by atoms with Gasteiger partial charge in [0.25, 0.3) is 0 Å². The summed E-state index contributed by atoms with van der Waals surface area (Å²) in [6.45, 7) is 11.1. The first kappa shape index (κ1) is 32.8. The minimum Gasteiger partial charge on any atom is -0.207 e. The van der Waals surface area contributed by atoms with Gasteiger partial charge in [-0.15, -0.1) is 0 Å². The molecule has 3 nitrogen and oxygen atoms in total. The minimum atomic E-state index is -3.72. The zero-order valence-electron chi connectivity index (χ0n) is 27.4. The molecule has 5 aromatic carbocycles. The molecule has 0 radical (unpaired) electrons. The summed E-state index contributed by atoms with van der Waals surface area (Å²) >= 11 is 0. The van der Waals surface area contributed by atoms with Crippen LogP contribution in [0.4, 0.5) is 0 Å². The number of benzene rings is 5. The maximum Gasteiger partial charge on any atom is 0.243 e. The lowest BCUT2D eigenvalue weighted by molar-refractivity contribution is 0.412. The molecule has 6 rings (SSSR count). The summed E-state index contributed by atoms with van der Waals surface area (Å²) in [6, 6.07) is 42.6. The van der Waals surface area contributed by atoms with Crippen molar-refractivity contribution in [3.05, 3.63) is 149 Å². The van der Waals surface area contributed by atoms with E-state index in [9.17, 15) is 8.42 Å². The fraction of sp³-hybridized carbons (Fsp3) is 0.250. The first-order chi connectivity index (χ1) is 22.1. The van der Waals surface area contributed by atoms with E-state index < -0.39 is 25.9 Å². The van der Waals surface area contributed by atoms with Crippen molar-refractivity contribution in [3.8, 4) is 0 Å². The molecule has 0 spiro atoms. The Bertz CT molecular complexity index is 1850. The van der Waals surface area contributed by atoms with Gasteiger partial charge in [0, 0.05) is 18.2 Å². The van der Waals surface area contributed by atoms with Crippen LogP contribution in [0.25, 0.3) is 0 Å². The second-order valence-corrected chi connectivity index (χ2v) is 19.4. The van der Waals surface area contributed by atoms with E-state index in [0.29, 0.717) is 11.4 Å². The maximum atomic E-state index is 14.6. The molecule has 0 saturated carbocycles. The molecule has 46 heavy (non-hydrogen) atoms. The molecule has 236 valence electrons. The van der Waals surface area contributed by atoms with Crippen molar-refractivity contribution in [2.75, 3.05) is 12.7 Å². The Hall–Kier alpha value is -3.13. The Labute approximate surface area is 278 Å². The molecule has 0 N–H and O–H groups in total. The van der Waals surface area contributed by atoms with Gasteiger partial charge in [-0.2, -0.15) is 4.31 Å². The van der Waals surface area contributed by atoms with Gasteiger partial charge in [0.2, 0.25) is 10.0 Å². The quantitative estimate of drug-likeness (QED) is 0.152. The van der Waals surface area contributed by atoms with Crippen molar-refractivity contribution < 1.29 is 8.42 Å². The average Bonchev–Trinajstić information content (AvgIpc) is 3.44. The number of nitrogens with zero attached hydrogens (tertiary/aromatic N) is 1. The summed E-state index contributed by atoms with van der Waals surface area (Å²) in [5, 5.41) is 5.24. The minimum absolute atomic E-state index is 0.122. The molecule has 6 heteroatoms. The summed E-state index contributed by atoms with van der Waals surface area (Å²) < 4.78 is 31.1. The predicted octanol–water partition coefficient (Wildman–Crippen LogP) is 7.63. The Morgan fingerprint density at radius 1 is 0.587 bits per heavy atom. The van der Waals surface area contributed by atoms with Crippen LogP contribution in [0.15, 0.2) is 126 Å². The van der Waals surface area contributed by atoms with Gasteiger partial charge in [-0.1, -0.05) is 137 Å².